The van der Waals surface area contributed by atoms with Crippen molar-refractivity contribution in [3.63, 3.8) is 0 Å². The van der Waals surface area contributed by atoms with E-state index in [0.29, 0.717) is 37.1 Å². The van der Waals surface area contributed by atoms with Crippen molar-refractivity contribution in [2.45, 2.75) is 78.0 Å². The lowest BCUT2D eigenvalue weighted by Crippen LogP contribution is -2.52. The van der Waals surface area contributed by atoms with Gasteiger partial charge in [0.15, 0.2) is 0 Å². The van der Waals surface area contributed by atoms with Gasteiger partial charge in [-0.1, -0.05) is 79.1 Å². The van der Waals surface area contributed by atoms with E-state index in [1.807, 2.05) is 60.9 Å². The summed E-state index contributed by atoms with van der Waals surface area (Å²) in [5, 5.41) is 7.85. The third-order valence-electron chi connectivity index (χ3n) is 8.16. The van der Waals surface area contributed by atoms with E-state index in [2.05, 4.69) is 39.5 Å². The van der Waals surface area contributed by atoms with Gasteiger partial charge in [0.1, 0.15) is 11.4 Å². The molecule has 8 nitrogen and oxygen atoms in total. The van der Waals surface area contributed by atoms with Crippen molar-refractivity contribution in [1.29, 1.82) is 0 Å². The largest absolute Gasteiger partial charge is 0.336 e. The molecule has 0 saturated carbocycles. The van der Waals surface area contributed by atoms with Crippen LogP contribution in [-0.4, -0.2) is 57.1 Å². The molecule has 8 heteroatoms. The van der Waals surface area contributed by atoms with Gasteiger partial charge in [0.25, 0.3) is 0 Å². The van der Waals surface area contributed by atoms with Crippen molar-refractivity contribution in [2.75, 3.05) is 18.0 Å². The molecule has 3 heterocycles. The van der Waals surface area contributed by atoms with E-state index >= 15 is 0 Å². The Labute approximate surface area is 230 Å². The van der Waals surface area contributed by atoms with E-state index in [-0.39, 0.29) is 30.2 Å². The van der Waals surface area contributed by atoms with Gasteiger partial charge >= 0.3 is 0 Å². The maximum absolute atomic E-state index is 13.8. The van der Waals surface area contributed by atoms with Gasteiger partial charge in [-0.3, -0.25) is 14.5 Å². The summed E-state index contributed by atoms with van der Waals surface area (Å²) in [6, 6.07) is 19.2. The van der Waals surface area contributed by atoms with Crippen LogP contribution in [0, 0.1) is 12.8 Å². The summed E-state index contributed by atoms with van der Waals surface area (Å²) in [6.07, 6.45) is 4.27. The van der Waals surface area contributed by atoms with Crippen molar-refractivity contribution >= 4 is 17.5 Å². The van der Waals surface area contributed by atoms with E-state index < -0.39 is 0 Å². The molecule has 2 aromatic carbocycles. The molecule has 1 saturated heterocycles. The normalized spacial score (nSPS) is 20.4. The number of fused-ring (bicyclic) bond motifs is 3. The zero-order valence-corrected chi connectivity index (χ0v) is 23.3. The second kappa shape index (κ2) is 12.1. The third kappa shape index (κ3) is 6.22. The lowest BCUT2D eigenvalue weighted by molar-refractivity contribution is -0.132. The van der Waals surface area contributed by atoms with Crippen LogP contribution in [0.1, 0.15) is 62.0 Å². The summed E-state index contributed by atoms with van der Waals surface area (Å²) in [5.74, 6) is -0.0136. The number of anilines is 1. The second-order valence-electron chi connectivity index (χ2n) is 11.2. The third-order valence-corrected chi connectivity index (χ3v) is 8.16. The Kier molecular flexibility index (Phi) is 8.41. The molecule has 2 unspecified atom stereocenters. The van der Waals surface area contributed by atoms with Crippen molar-refractivity contribution in [2.24, 2.45) is 5.92 Å². The van der Waals surface area contributed by atoms with Crippen LogP contribution >= 0.6 is 0 Å². The maximum atomic E-state index is 13.8. The number of benzene rings is 2. The summed E-state index contributed by atoms with van der Waals surface area (Å²) >= 11 is 0. The van der Waals surface area contributed by atoms with Gasteiger partial charge in [-0.05, 0) is 43.4 Å². The number of piperidine rings is 1. The van der Waals surface area contributed by atoms with Gasteiger partial charge in [-0.2, -0.15) is 0 Å². The first kappa shape index (κ1) is 27.1. The molecule has 0 spiro atoms. The number of hydrogen-bond donors (Lipinski definition) is 0. The van der Waals surface area contributed by atoms with Gasteiger partial charge in [0.2, 0.25) is 11.8 Å². The Balaban J connectivity index is 1.54. The van der Waals surface area contributed by atoms with Crippen LogP contribution in [0.4, 0.5) is 5.69 Å². The number of amides is 2. The average molecular weight is 530 g/mol. The quantitative estimate of drug-likeness (QED) is 0.474. The predicted octanol–water partition coefficient (Wildman–Crippen LogP) is 4.77. The lowest BCUT2D eigenvalue weighted by atomic mass is 9.92. The van der Waals surface area contributed by atoms with Gasteiger partial charge in [0, 0.05) is 49.9 Å². The molecule has 5 rings (SSSR count). The Morgan fingerprint density at radius 1 is 0.974 bits per heavy atom. The first-order chi connectivity index (χ1) is 18.9. The number of hydrogen-bond acceptors (Lipinski definition) is 6. The Bertz CT molecular complexity index is 1270. The highest BCUT2D eigenvalue weighted by molar-refractivity contribution is 5.95. The van der Waals surface area contributed by atoms with E-state index in [1.165, 1.54) is 5.56 Å². The molecule has 0 aliphatic carbocycles. The average Bonchev–Trinajstić information content (AvgIpc) is 3.34. The molecular weight excluding hydrogens is 490 g/mol. The minimum absolute atomic E-state index is 0.00799. The summed E-state index contributed by atoms with van der Waals surface area (Å²) in [5.41, 5.74) is 4.37. The first-order valence-corrected chi connectivity index (χ1v) is 14.2. The highest BCUT2D eigenvalue weighted by Gasteiger charge is 2.35. The number of aryl methyl sites for hydroxylation is 1. The molecule has 0 radical (unpaired) electrons. The Hall–Kier alpha value is -3.52. The summed E-state index contributed by atoms with van der Waals surface area (Å²) in [4.78, 5) is 33.9. The smallest absolute Gasteiger partial charge is 0.229 e. The van der Waals surface area contributed by atoms with Crippen LogP contribution in [0.2, 0.25) is 0 Å². The SMILES string of the molecule is Cc1nonc1CC(=O)N1Cc2ccccc2N(C(=O)C(C)C)CCC2CCCC(C1)N2Cc1ccccc1. The molecule has 2 aliphatic rings. The van der Waals surface area contributed by atoms with Crippen LogP contribution in [0.5, 0.6) is 0 Å². The molecule has 39 heavy (non-hydrogen) atoms. The fourth-order valence-corrected chi connectivity index (χ4v) is 6.00. The monoisotopic (exact) mass is 529 g/mol. The molecule has 1 aromatic heterocycles. The predicted molar refractivity (Wildman–Crippen MR) is 150 cm³/mol. The van der Waals surface area contributed by atoms with Gasteiger partial charge in [0.05, 0.1) is 6.42 Å². The summed E-state index contributed by atoms with van der Waals surface area (Å²) in [6.45, 7) is 8.27. The molecule has 0 N–H and O–H groups in total. The molecular formula is C31H39N5O3. The highest BCUT2D eigenvalue weighted by atomic mass is 16.6. The van der Waals surface area contributed by atoms with Crippen molar-refractivity contribution in [3.05, 3.63) is 77.1 Å². The molecule has 3 aromatic rings. The maximum Gasteiger partial charge on any atom is 0.229 e. The van der Waals surface area contributed by atoms with E-state index in [9.17, 15) is 9.59 Å². The zero-order chi connectivity index (χ0) is 27.4. The van der Waals surface area contributed by atoms with Crippen molar-refractivity contribution in [3.8, 4) is 0 Å². The van der Waals surface area contributed by atoms with E-state index in [4.69, 9.17) is 4.63 Å². The first-order valence-electron chi connectivity index (χ1n) is 14.2. The number of carbonyl (C=O) groups excluding carboxylic acids is 2. The summed E-state index contributed by atoms with van der Waals surface area (Å²) < 4.78 is 4.88. The number of para-hydroxylation sites is 1. The molecule has 1 fully saturated rings. The van der Waals surface area contributed by atoms with Crippen molar-refractivity contribution in [1.82, 2.24) is 20.1 Å². The fourth-order valence-electron chi connectivity index (χ4n) is 6.00. The van der Waals surface area contributed by atoms with Crippen LogP contribution in [0.25, 0.3) is 0 Å². The van der Waals surface area contributed by atoms with Crippen molar-refractivity contribution < 1.29 is 14.2 Å². The molecule has 2 amide bonds. The number of rotatable bonds is 5. The van der Waals surface area contributed by atoms with Gasteiger partial charge < -0.3 is 9.80 Å². The van der Waals surface area contributed by atoms with Crippen LogP contribution in [-0.2, 0) is 29.1 Å². The lowest BCUT2D eigenvalue weighted by Gasteiger charge is -2.44. The topological polar surface area (TPSA) is 82.8 Å². The molecule has 206 valence electrons. The van der Waals surface area contributed by atoms with Crippen LogP contribution in [0.15, 0.2) is 59.2 Å². The molecule has 2 aliphatic heterocycles. The van der Waals surface area contributed by atoms with Crippen LogP contribution < -0.4 is 4.90 Å². The van der Waals surface area contributed by atoms with Gasteiger partial charge in [-0.25, -0.2) is 4.63 Å². The Morgan fingerprint density at radius 3 is 2.46 bits per heavy atom. The van der Waals surface area contributed by atoms with Gasteiger partial charge in [-0.15, -0.1) is 0 Å². The van der Waals surface area contributed by atoms with Crippen LogP contribution in [0.3, 0.4) is 0 Å². The standard InChI is InChI=1S/C31H39N5O3/c1-22(2)31(38)35-17-16-26-13-9-14-27(36(26)19-24-10-5-4-6-11-24)21-34(20-25-12-7-8-15-29(25)35)30(37)18-28-23(3)32-39-33-28/h4-8,10-12,15,22,26-27H,9,13-14,16-21H2,1-3H3. The van der Waals surface area contributed by atoms with E-state index in [0.717, 1.165) is 43.5 Å². The minimum Gasteiger partial charge on any atom is -0.336 e. The number of aromatic nitrogens is 2. The molecule has 2 atom stereocenters. The zero-order valence-electron chi connectivity index (χ0n) is 23.3. The second-order valence-corrected chi connectivity index (χ2v) is 11.2. The minimum atomic E-state index is -0.122. The molecule has 2 bridgehead atoms. The fraction of sp³-hybridized carbons (Fsp3) is 0.484. The van der Waals surface area contributed by atoms with E-state index in [1.54, 1.807) is 0 Å². The highest BCUT2D eigenvalue weighted by Crippen LogP contribution is 2.32. The number of carbonyl (C=O) groups is 2. The Morgan fingerprint density at radius 2 is 1.72 bits per heavy atom. The number of nitrogens with zero attached hydrogens (tertiary/aromatic N) is 5. The summed E-state index contributed by atoms with van der Waals surface area (Å²) in [7, 11) is 0.